The van der Waals surface area contributed by atoms with Crippen LogP contribution in [0.3, 0.4) is 0 Å². The van der Waals surface area contributed by atoms with Gasteiger partial charge in [0.15, 0.2) is 11.6 Å². The molecule has 2 aliphatic rings. The van der Waals surface area contributed by atoms with Crippen LogP contribution in [0.4, 0.5) is 29.1 Å². The van der Waals surface area contributed by atoms with Crippen molar-refractivity contribution in [2.45, 2.75) is 71.0 Å². The summed E-state index contributed by atoms with van der Waals surface area (Å²) >= 11 is 7.14. The molecule has 1 aliphatic carbocycles. The van der Waals surface area contributed by atoms with Gasteiger partial charge >= 0.3 is 5.97 Å². The Morgan fingerprint density at radius 1 is 0.966 bits per heavy atom. The van der Waals surface area contributed by atoms with Crippen molar-refractivity contribution in [1.82, 2.24) is 34.7 Å². The molecule has 7 rings (SSSR count). The Labute approximate surface area is 339 Å². The van der Waals surface area contributed by atoms with Crippen LogP contribution >= 0.6 is 11.6 Å². The van der Waals surface area contributed by atoms with E-state index in [4.69, 9.17) is 31.0 Å². The number of alkyl halides is 4. The molecule has 1 atom stereocenters. The van der Waals surface area contributed by atoms with E-state index in [0.29, 0.717) is 70.7 Å². The molecule has 58 heavy (non-hydrogen) atoms. The SMILES string of the molecule is COC(=O)C1CCC(N(C)Cc2ncc(-c3cccc(-c4cccc(Nc5nc(C(F)F)nc6cc(CN7CC[C@@H](C(F)F)C7)cnc56)c4C)c3Cl)nc2OC)CC1. The van der Waals surface area contributed by atoms with Crippen LogP contribution in [0.25, 0.3) is 33.4 Å². The van der Waals surface area contributed by atoms with E-state index in [-0.39, 0.29) is 41.3 Å². The summed E-state index contributed by atoms with van der Waals surface area (Å²) in [7, 11) is 5.02. The van der Waals surface area contributed by atoms with Gasteiger partial charge < -0.3 is 14.8 Å². The van der Waals surface area contributed by atoms with E-state index in [9.17, 15) is 22.4 Å². The zero-order valence-corrected chi connectivity index (χ0v) is 33.4. The minimum Gasteiger partial charge on any atom is -0.480 e. The lowest BCUT2D eigenvalue weighted by molar-refractivity contribution is -0.146. The predicted molar refractivity (Wildman–Crippen MR) is 213 cm³/mol. The van der Waals surface area contributed by atoms with Gasteiger partial charge in [0.1, 0.15) is 11.2 Å². The number of rotatable bonds is 13. The number of nitrogens with zero attached hydrogens (tertiary/aromatic N) is 7. The lowest BCUT2D eigenvalue weighted by Crippen LogP contribution is -2.36. The number of ether oxygens (including phenoxy) is 2. The average Bonchev–Trinajstić information content (AvgIpc) is 3.70. The highest BCUT2D eigenvalue weighted by Crippen LogP contribution is 2.40. The molecule has 306 valence electrons. The minimum atomic E-state index is -2.94. The molecular weight excluding hydrogens is 776 g/mol. The summed E-state index contributed by atoms with van der Waals surface area (Å²) < 4.78 is 65.3. The van der Waals surface area contributed by atoms with Gasteiger partial charge in [0, 0.05) is 54.6 Å². The first-order valence-electron chi connectivity index (χ1n) is 19.2. The number of nitrogens with one attached hydrogen (secondary N) is 1. The Kier molecular flexibility index (Phi) is 12.7. The number of likely N-dealkylation sites (tertiary alicyclic amines) is 1. The molecule has 16 heteroatoms. The molecule has 11 nitrogen and oxygen atoms in total. The van der Waals surface area contributed by atoms with Crippen LogP contribution in [0.5, 0.6) is 5.88 Å². The maximum absolute atomic E-state index is 14.1. The predicted octanol–water partition coefficient (Wildman–Crippen LogP) is 9.05. The highest BCUT2D eigenvalue weighted by Gasteiger charge is 2.31. The van der Waals surface area contributed by atoms with E-state index in [2.05, 4.69) is 25.2 Å². The summed E-state index contributed by atoms with van der Waals surface area (Å²) in [6.45, 7) is 3.53. The molecule has 1 N–H and O–H groups in total. The molecule has 0 amide bonds. The van der Waals surface area contributed by atoms with Crippen molar-refractivity contribution in [3.63, 3.8) is 0 Å². The average molecular weight is 821 g/mol. The van der Waals surface area contributed by atoms with E-state index in [1.165, 1.54) is 7.11 Å². The fourth-order valence-corrected chi connectivity index (χ4v) is 8.36. The number of carbonyl (C=O) groups excluding carboxylic acids is 1. The van der Waals surface area contributed by atoms with E-state index >= 15 is 0 Å². The van der Waals surface area contributed by atoms with Gasteiger partial charge in [0.2, 0.25) is 12.3 Å². The van der Waals surface area contributed by atoms with Gasteiger partial charge in [0.25, 0.3) is 6.43 Å². The van der Waals surface area contributed by atoms with Gasteiger partial charge in [-0.3, -0.25) is 24.6 Å². The van der Waals surface area contributed by atoms with E-state index < -0.39 is 24.6 Å². The molecule has 1 saturated heterocycles. The fraction of sp³-hybridized carbons (Fsp3) is 0.429. The van der Waals surface area contributed by atoms with Crippen LogP contribution in [0.15, 0.2) is 54.9 Å². The number of pyridine rings is 1. The van der Waals surface area contributed by atoms with E-state index in [0.717, 1.165) is 36.8 Å². The Morgan fingerprint density at radius 3 is 2.41 bits per heavy atom. The number of hydrogen-bond acceptors (Lipinski definition) is 11. The number of anilines is 2. The third-order valence-corrected chi connectivity index (χ3v) is 11.7. The quantitative estimate of drug-likeness (QED) is 0.0906. The molecule has 0 radical (unpaired) electrons. The highest BCUT2D eigenvalue weighted by molar-refractivity contribution is 6.36. The topological polar surface area (TPSA) is 118 Å². The second-order valence-electron chi connectivity index (χ2n) is 15.0. The van der Waals surface area contributed by atoms with Crippen molar-refractivity contribution in [1.29, 1.82) is 0 Å². The number of fused-ring (bicyclic) bond motifs is 1. The molecule has 1 aliphatic heterocycles. The normalized spacial score (nSPS) is 18.7. The van der Waals surface area contributed by atoms with Crippen molar-refractivity contribution >= 4 is 40.1 Å². The lowest BCUT2D eigenvalue weighted by Gasteiger charge is -2.33. The summed E-state index contributed by atoms with van der Waals surface area (Å²) in [4.78, 5) is 38.5. The van der Waals surface area contributed by atoms with Gasteiger partial charge in [-0.1, -0.05) is 41.9 Å². The maximum atomic E-state index is 14.1. The number of benzene rings is 2. The largest absolute Gasteiger partial charge is 0.480 e. The van der Waals surface area contributed by atoms with Crippen LogP contribution in [-0.2, 0) is 22.6 Å². The number of methoxy groups -OCH3 is 2. The fourth-order valence-electron chi connectivity index (χ4n) is 8.03. The Morgan fingerprint density at radius 2 is 1.71 bits per heavy atom. The number of carbonyl (C=O) groups is 1. The third kappa shape index (κ3) is 8.86. The van der Waals surface area contributed by atoms with Gasteiger partial charge in [-0.05, 0) is 81.4 Å². The lowest BCUT2D eigenvalue weighted by atomic mass is 9.85. The molecule has 2 fully saturated rings. The standard InChI is InChI=1S/C42H45ClF4N8O3/c1-23-28(7-6-10-31(23)50-39-36-32(51-40(53-39)38(46)47)17-24(18-49-36)20-55-16-15-26(21-55)37(44)45)29-8-5-9-30(35(29)43)33-19-48-34(41(52-33)57-3)22-54(2)27-13-11-25(12-14-27)42(56)58-4/h5-10,17-19,25-27,37-38H,11-16,20-22H2,1-4H3,(H,50,51,53)/t25?,26-,27?/m1/s1. The van der Waals surface area contributed by atoms with Crippen LogP contribution < -0.4 is 10.1 Å². The number of esters is 1. The van der Waals surface area contributed by atoms with Crippen molar-refractivity contribution in [3.8, 4) is 28.3 Å². The zero-order valence-electron chi connectivity index (χ0n) is 32.7. The molecule has 1 saturated carbocycles. The van der Waals surface area contributed by atoms with Gasteiger partial charge in [-0.15, -0.1) is 0 Å². The summed E-state index contributed by atoms with van der Waals surface area (Å²) in [5.74, 6) is -1.06. The summed E-state index contributed by atoms with van der Waals surface area (Å²) in [6, 6.07) is 13.1. The molecule has 0 unspecified atom stereocenters. The Bertz CT molecular complexity index is 2280. The van der Waals surface area contributed by atoms with Crippen LogP contribution in [0, 0.1) is 18.8 Å². The molecule has 5 aromatic rings. The second kappa shape index (κ2) is 17.9. The smallest absolute Gasteiger partial charge is 0.308 e. The first kappa shape index (κ1) is 41.2. The van der Waals surface area contributed by atoms with Crippen molar-refractivity contribution in [3.05, 3.63) is 82.5 Å². The molecule has 2 aromatic carbocycles. The maximum Gasteiger partial charge on any atom is 0.308 e. The van der Waals surface area contributed by atoms with E-state index in [1.54, 1.807) is 25.6 Å². The van der Waals surface area contributed by atoms with Crippen molar-refractivity contribution in [2.75, 3.05) is 39.7 Å². The van der Waals surface area contributed by atoms with Crippen molar-refractivity contribution in [2.24, 2.45) is 11.8 Å². The van der Waals surface area contributed by atoms with Gasteiger partial charge in [0.05, 0.1) is 42.6 Å². The first-order valence-corrected chi connectivity index (χ1v) is 19.6. The second-order valence-corrected chi connectivity index (χ2v) is 15.4. The first-order chi connectivity index (χ1) is 27.9. The molecule has 4 heterocycles. The molecule has 3 aromatic heterocycles. The number of aromatic nitrogens is 5. The molecule has 0 bridgehead atoms. The Balaban J connectivity index is 1.12. The van der Waals surface area contributed by atoms with Crippen LogP contribution in [0.1, 0.15) is 61.2 Å². The van der Waals surface area contributed by atoms with E-state index in [1.807, 2.05) is 55.3 Å². The monoisotopic (exact) mass is 820 g/mol. The number of halogens is 5. The summed E-state index contributed by atoms with van der Waals surface area (Å²) in [6.07, 6.45) is 1.67. The zero-order chi connectivity index (χ0) is 41.1. The van der Waals surface area contributed by atoms with Gasteiger partial charge in [-0.25, -0.2) is 32.5 Å². The van der Waals surface area contributed by atoms with Crippen LogP contribution in [0.2, 0.25) is 5.02 Å². The summed E-state index contributed by atoms with van der Waals surface area (Å²) in [5.41, 5.74) is 5.90. The molecular formula is C42H45ClF4N8O3. The third-order valence-electron chi connectivity index (χ3n) is 11.3. The number of hydrogen-bond donors (Lipinski definition) is 1. The van der Waals surface area contributed by atoms with Gasteiger partial charge in [-0.2, -0.15) is 0 Å². The summed E-state index contributed by atoms with van der Waals surface area (Å²) in [5, 5.41) is 3.66. The Hall–Kier alpha value is -4.99. The van der Waals surface area contributed by atoms with Crippen LogP contribution in [-0.4, -0.2) is 87.5 Å². The van der Waals surface area contributed by atoms with Crippen molar-refractivity contribution < 1.29 is 31.8 Å². The highest BCUT2D eigenvalue weighted by atomic mass is 35.5. The molecule has 0 spiro atoms. The minimum absolute atomic E-state index is 0.0570.